The van der Waals surface area contributed by atoms with Crippen molar-refractivity contribution in [2.45, 2.75) is 6.92 Å². The molecule has 0 saturated heterocycles. The third-order valence-electron chi connectivity index (χ3n) is 2.13. The van der Waals surface area contributed by atoms with Crippen LogP contribution in [0.5, 0.6) is 5.75 Å². The highest BCUT2D eigenvalue weighted by Crippen LogP contribution is 2.19. The number of carboxylic acids is 1. The molecule has 1 N–H and O–H groups in total. The highest BCUT2D eigenvalue weighted by Gasteiger charge is 2.07. The summed E-state index contributed by atoms with van der Waals surface area (Å²) in [6.45, 7) is 1.77. The van der Waals surface area contributed by atoms with Crippen LogP contribution in [0.3, 0.4) is 0 Å². The lowest BCUT2D eigenvalue weighted by atomic mass is 10.1. The predicted octanol–water partition coefficient (Wildman–Crippen LogP) is 1.12. The van der Waals surface area contributed by atoms with Crippen molar-refractivity contribution in [2.75, 3.05) is 18.6 Å². The van der Waals surface area contributed by atoms with Crippen molar-refractivity contribution in [3.63, 3.8) is 0 Å². The Balaban J connectivity index is 2.70. The average molecular weight is 258 g/mol. The first-order valence-corrected chi connectivity index (χ1v) is 7.00. The summed E-state index contributed by atoms with van der Waals surface area (Å²) in [5.74, 6) is -0.568. The molecule has 0 radical (unpaired) electrons. The van der Waals surface area contributed by atoms with Crippen LogP contribution in [0.25, 0.3) is 0 Å². The molecule has 1 aromatic carbocycles. The first-order chi connectivity index (χ1) is 7.79. The van der Waals surface area contributed by atoms with E-state index < -0.39 is 15.8 Å². The maximum Gasteiger partial charge on any atom is 0.335 e. The molecule has 94 valence electrons. The molecule has 0 unspecified atom stereocenters. The minimum atomic E-state index is -3.05. The van der Waals surface area contributed by atoms with Gasteiger partial charge in [0.15, 0.2) is 9.84 Å². The Morgan fingerprint density at radius 3 is 2.53 bits per heavy atom. The van der Waals surface area contributed by atoms with E-state index in [1.807, 2.05) is 0 Å². The molecule has 0 spiro atoms. The molecule has 1 aromatic rings. The van der Waals surface area contributed by atoms with Crippen LogP contribution in [-0.2, 0) is 9.84 Å². The van der Waals surface area contributed by atoms with Gasteiger partial charge in [-0.25, -0.2) is 13.2 Å². The minimum Gasteiger partial charge on any atom is -0.492 e. The maximum atomic E-state index is 10.9. The van der Waals surface area contributed by atoms with E-state index in [4.69, 9.17) is 9.84 Å². The lowest BCUT2D eigenvalue weighted by Gasteiger charge is -2.08. The highest BCUT2D eigenvalue weighted by molar-refractivity contribution is 7.90. The van der Waals surface area contributed by atoms with Crippen molar-refractivity contribution in [1.29, 1.82) is 0 Å². The second kappa shape index (κ2) is 5.18. The fourth-order valence-corrected chi connectivity index (χ4v) is 1.63. The summed E-state index contributed by atoms with van der Waals surface area (Å²) in [7, 11) is -3.05. The van der Waals surface area contributed by atoms with Crippen LogP contribution in [0.4, 0.5) is 0 Å². The Bertz CT molecular complexity index is 519. The number of ether oxygens (including phenoxy) is 1. The Labute approximate surface area is 100.0 Å². The number of aromatic carboxylic acids is 1. The van der Waals surface area contributed by atoms with E-state index in [9.17, 15) is 13.2 Å². The molecule has 17 heavy (non-hydrogen) atoms. The summed E-state index contributed by atoms with van der Waals surface area (Å²) in [5, 5.41) is 8.76. The van der Waals surface area contributed by atoms with Crippen LogP contribution in [0.2, 0.25) is 0 Å². The lowest BCUT2D eigenvalue weighted by Crippen LogP contribution is -2.12. The Hall–Kier alpha value is -1.56. The molecule has 0 bridgehead atoms. The second-order valence-corrected chi connectivity index (χ2v) is 6.02. The van der Waals surface area contributed by atoms with Crippen LogP contribution in [0, 0.1) is 6.92 Å². The summed E-state index contributed by atoms with van der Waals surface area (Å²) in [6.07, 6.45) is 1.14. The molecule has 0 saturated carbocycles. The van der Waals surface area contributed by atoms with Gasteiger partial charge >= 0.3 is 5.97 Å². The number of hydrogen-bond donors (Lipinski definition) is 1. The van der Waals surface area contributed by atoms with Crippen molar-refractivity contribution < 1.29 is 23.1 Å². The van der Waals surface area contributed by atoms with E-state index in [2.05, 4.69) is 0 Å². The number of sulfone groups is 1. The Morgan fingerprint density at radius 2 is 2.06 bits per heavy atom. The number of carbonyl (C=O) groups is 1. The van der Waals surface area contributed by atoms with Crippen LogP contribution in [0.1, 0.15) is 15.9 Å². The zero-order valence-electron chi connectivity index (χ0n) is 9.63. The van der Waals surface area contributed by atoms with E-state index in [-0.39, 0.29) is 17.9 Å². The van der Waals surface area contributed by atoms with Crippen molar-refractivity contribution in [1.82, 2.24) is 0 Å². The van der Waals surface area contributed by atoms with Crippen LogP contribution in [-0.4, -0.2) is 38.1 Å². The average Bonchev–Trinajstić information content (AvgIpc) is 2.18. The summed E-state index contributed by atoms with van der Waals surface area (Å²) in [4.78, 5) is 10.7. The Kier molecular flexibility index (Phi) is 4.11. The molecular weight excluding hydrogens is 244 g/mol. The molecule has 0 aromatic heterocycles. The molecule has 0 heterocycles. The van der Waals surface area contributed by atoms with Gasteiger partial charge in [-0.3, -0.25) is 0 Å². The number of carboxylic acid groups (broad SMARTS) is 1. The molecule has 5 nitrogen and oxygen atoms in total. The highest BCUT2D eigenvalue weighted by atomic mass is 32.2. The summed E-state index contributed by atoms with van der Waals surface area (Å²) in [6, 6.07) is 4.43. The van der Waals surface area contributed by atoms with Crippen molar-refractivity contribution >= 4 is 15.8 Å². The van der Waals surface area contributed by atoms with Gasteiger partial charge in [0.25, 0.3) is 0 Å². The maximum absolute atomic E-state index is 10.9. The van der Waals surface area contributed by atoms with Gasteiger partial charge in [-0.05, 0) is 30.7 Å². The number of rotatable bonds is 5. The zero-order chi connectivity index (χ0) is 13.1. The molecule has 0 aliphatic rings. The normalized spacial score (nSPS) is 11.2. The van der Waals surface area contributed by atoms with Gasteiger partial charge in [0.2, 0.25) is 0 Å². The van der Waals surface area contributed by atoms with Gasteiger partial charge in [0, 0.05) is 6.26 Å². The molecular formula is C11H14O5S. The predicted molar refractivity (Wildman–Crippen MR) is 63.3 cm³/mol. The van der Waals surface area contributed by atoms with Gasteiger partial charge < -0.3 is 9.84 Å². The Morgan fingerprint density at radius 1 is 1.41 bits per heavy atom. The van der Waals surface area contributed by atoms with Gasteiger partial charge in [-0.2, -0.15) is 0 Å². The number of aryl methyl sites for hydroxylation is 1. The molecule has 0 atom stereocenters. The monoisotopic (exact) mass is 258 g/mol. The largest absolute Gasteiger partial charge is 0.492 e. The van der Waals surface area contributed by atoms with Crippen LogP contribution < -0.4 is 4.74 Å². The summed E-state index contributed by atoms with van der Waals surface area (Å²) >= 11 is 0. The van der Waals surface area contributed by atoms with Crippen molar-refractivity contribution in [3.05, 3.63) is 29.3 Å². The topological polar surface area (TPSA) is 80.7 Å². The fourth-order valence-electron chi connectivity index (χ4n) is 1.25. The number of benzene rings is 1. The third kappa shape index (κ3) is 4.44. The van der Waals surface area contributed by atoms with Gasteiger partial charge in [-0.1, -0.05) is 0 Å². The first-order valence-electron chi connectivity index (χ1n) is 4.94. The van der Waals surface area contributed by atoms with Gasteiger partial charge in [0.05, 0.1) is 11.3 Å². The summed E-state index contributed by atoms with van der Waals surface area (Å²) < 4.78 is 27.1. The van der Waals surface area contributed by atoms with E-state index >= 15 is 0 Å². The quantitative estimate of drug-likeness (QED) is 0.855. The smallest absolute Gasteiger partial charge is 0.335 e. The second-order valence-electron chi connectivity index (χ2n) is 3.76. The SMILES string of the molecule is Cc1cc(C(=O)O)ccc1OCCS(C)(=O)=O. The molecule has 0 aliphatic carbocycles. The minimum absolute atomic E-state index is 0.0616. The van der Waals surface area contributed by atoms with Crippen LogP contribution in [0.15, 0.2) is 18.2 Å². The molecule has 1 rings (SSSR count). The van der Waals surface area contributed by atoms with Crippen LogP contribution >= 0.6 is 0 Å². The molecule has 6 heteroatoms. The lowest BCUT2D eigenvalue weighted by molar-refractivity contribution is 0.0696. The van der Waals surface area contributed by atoms with Crippen molar-refractivity contribution in [2.24, 2.45) is 0 Å². The summed E-state index contributed by atoms with van der Waals surface area (Å²) in [5.41, 5.74) is 0.844. The van der Waals surface area contributed by atoms with Gasteiger partial charge in [-0.15, -0.1) is 0 Å². The van der Waals surface area contributed by atoms with E-state index in [1.54, 1.807) is 6.92 Å². The first kappa shape index (κ1) is 13.5. The van der Waals surface area contributed by atoms with E-state index in [0.717, 1.165) is 6.26 Å². The van der Waals surface area contributed by atoms with Crippen molar-refractivity contribution in [3.8, 4) is 5.75 Å². The van der Waals surface area contributed by atoms with Gasteiger partial charge in [0.1, 0.15) is 12.4 Å². The standard InChI is InChI=1S/C11H14O5S/c1-8-7-9(11(12)13)3-4-10(8)16-5-6-17(2,14)15/h3-4,7H,5-6H2,1-2H3,(H,12,13). The molecule has 0 amide bonds. The zero-order valence-corrected chi connectivity index (χ0v) is 10.5. The third-order valence-corrected chi connectivity index (χ3v) is 3.04. The number of hydrogen-bond acceptors (Lipinski definition) is 4. The molecule has 0 fully saturated rings. The fraction of sp³-hybridized carbons (Fsp3) is 0.364. The van der Waals surface area contributed by atoms with E-state index in [0.29, 0.717) is 11.3 Å². The van der Waals surface area contributed by atoms with E-state index in [1.165, 1.54) is 18.2 Å². The molecule has 0 aliphatic heterocycles.